The quantitative estimate of drug-likeness (QED) is 0.844. The van der Waals surface area contributed by atoms with Crippen molar-refractivity contribution in [3.8, 4) is 0 Å². The van der Waals surface area contributed by atoms with Gasteiger partial charge in [0.05, 0.1) is 0 Å². The van der Waals surface area contributed by atoms with Gasteiger partial charge in [0.2, 0.25) is 0 Å². The molecule has 1 aliphatic rings. The second kappa shape index (κ2) is 4.46. The van der Waals surface area contributed by atoms with Crippen molar-refractivity contribution in [2.75, 3.05) is 24.5 Å². The normalized spacial score (nSPS) is 16.1. The van der Waals surface area contributed by atoms with Crippen molar-refractivity contribution in [3.05, 3.63) is 29.8 Å². The summed E-state index contributed by atoms with van der Waals surface area (Å²) in [5.74, 6) is 0. The number of fused-ring (bicyclic) bond motifs is 1. The summed E-state index contributed by atoms with van der Waals surface area (Å²) in [5.41, 5.74) is 8.92. The highest BCUT2D eigenvalue weighted by Gasteiger charge is 2.23. The summed E-state index contributed by atoms with van der Waals surface area (Å²) in [7, 11) is 0. The Morgan fingerprint density at radius 2 is 2.06 bits per heavy atom. The highest BCUT2D eigenvalue weighted by atomic mass is 15.1. The molecule has 1 aromatic rings. The van der Waals surface area contributed by atoms with Crippen LogP contribution in [0.1, 0.15) is 25.8 Å². The van der Waals surface area contributed by atoms with Crippen molar-refractivity contribution in [2.45, 2.75) is 26.7 Å². The molecule has 0 radical (unpaired) electrons. The third-order valence-corrected chi connectivity index (χ3v) is 3.38. The molecule has 2 rings (SSSR count). The van der Waals surface area contributed by atoms with E-state index in [1.807, 2.05) is 0 Å². The standard InChI is InChI=1S/C14H22N2/c1-14(2,10-15)11-16-9-5-7-12-6-3-4-8-13(12)16/h3-4,6,8H,5,7,9-11,15H2,1-2H3. The lowest BCUT2D eigenvalue weighted by Gasteiger charge is -2.37. The predicted octanol–water partition coefficient (Wildman–Crippen LogP) is 2.42. The van der Waals surface area contributed by atoms with E-state index in [1.54, 1.807) is 0 Å². The summed E-state index contributed by atoms with van der Waals surface area (Å²) in [5, 5.41) is 0. The van der Waals surface area contributed by atoms with E-state index in [0.29, 0.717) is 0 Å². The summed E-state index contributed by atoms with van der Waals surface area (Å²) in [6.45, 7) is 7.45. The first-order chi connectivity index (χ1) is 7.62. The molecule has 2 heteroatoms. The molecular formula is C14H22N2. The minimum absolute atomic E-state index is 0.199. The smallest absolute Gasteiger partial charge is 0.0398 e. The number of para-hydroxylation sites is 1. The van der Waals surface area contributed by atoms with Crippen LogP contribution in [0.4, 0.5) is 5.69 Å². The van der Waals surface area contributed by atoms with Gasteiger partial charge < -0.3 is 10.6 Å². The first-order valence-corrected chi connectivity index (χ1v) is 6.15. The maximum absolute atomic E-state index is 5.82. The number of hydrogen-bond acceptors (Lipinski definition) is 2. The van der Waals surface area contributed by atoms with Gasteiger partial charge in [-0.25, -0.2) is 0 Å². The van der Waals surface area contributed by atoms with Crippen LogP contribution >= 0.6 is 0 Å². The number of benzene rings is 1. The highest BCUT2D eigenvalue weighted by Crippen LogP contribution is 2.29. The SMILES string of the molecule is CC(C)(CN)CN1CCCc2ccccc21. The highest BCUT2D eigenvalue weighted by molar-refractivity contribution is 5.55. The molecule has 2 N–H and O–H groups in total. The van der Waals surface area contributed by atoms with E-state index in [4.69, 9.17) is 5.73 Å². The molecule has 1 aliphatic heterocycles. The molecule has 0 saturated heterocycles. The van der Waals surface area contributed by atoms with Gasteiger partial charge in [-0.05, 0) is 36.4 Å². The van der Waals surface area contributed by atoms with Gasteiger partial charge in [-0.3, -0.25) is 0 Å². The van der Waals surface area contributed by atoms with Crippen molar-refractivity contribution in [1.82, 2.24) is 0 Å². The third-order valence-electron chi connectivity index (χ3n) is 3.38. The van der Waals surface area contributed by atoms with Gasteiger partial charge in [-0.2, -0.15) is 0 Å². The van der Waals surface area contributed by atoms with Crippen LogP contribution in [-0.2, 0) is 6.42 Å². The molecule has 1 heterocycles. The van der Waals surface area contributed by atoms with E-state index >= 15 is 0 Å². The zero-order valence-electron chi connectivity index (χ0n) is 10.4. The Balaban J connectivity index is 2.19. The first kappa shape index (κ1) is 11.5. The molecule has 1 aromatic carbocycles. The Bertz CT molecular complexity index is 358. The van der Waals surface area contributed by atoms with Crippen LogP contribution in [0.15, 0.2) is 24.3 Å². The molecule has 0 aromatic heterocycles. The molecule has 0 aliphatic carbocycles. The third kappa shape index (κ3) is 2.38. The van der Waals surface area contributed by atoms with Crippen molar-refractivity contribution < 1.29 is 0 Å². The van der Waals surface area contributed by atoms with Crippen molar-refractivity contribution in [2.24, 2.45) is 11.1 Å². The summed E-state index contributed by atoms with van der Waals surface area (Å²) in [6.07, 6.45) is 2.48. The van der Waals surface area contributed by atoms with Crippen molar-refractivity contribution in [3.63, 3.8) is 0 Å². The number of aryl methyl sites for hydroxylation is 1. The molecular weight excluding hydrogens is 196 g/mol. The minimum atomic E-state index is 0.199. The van der Waals surface area contributed by atoms with Gasteiger partial charge in [-0.1, -0.05) is 32.0 Å². The van der Waals surface area contributed by atoms with Crippen LogP contribution in [0.5, 0.6) is 0 Å². The Labute approximate surface area is 98.4 Å². The maximum atomic E-state index is 5.82. The lowest BCUT2D eigenvalue weighted by Crippen LogP contribution is -2.41. The zero-order valence-corrected chi connectivity index (χ0v) is 10.4. The van der Waals surface area contributed by atoms with Crippen molar-refractivity contribution >= 4 is 5.69 Å². The molecule has 0 unspecified atom stereocenters. The monoisotopic (exact) mass is 218 g/mol. The fraction of sp³-hybridized carbons (Fsp3) is 0.571. The van der Waals surface area contributed by atoms with Crippen LogP contribution in [-0.4, -0.2) is 19.6 Å². The number of nitrogens with zero attached hydrogens (tertiary/aromatic N) is 1. The van der Waals surface area contributed by atoms with E-state index in [2.05, 4.69) is 43.0 Å². The Morgan fingerprint density at radius 3 is 2.81 bits per heavy atom. The van der Waals surface area contributed by atoms with E-state index in [1.165, 1.54) is 30.6 Å². The van der Waals surface area contributed by atoms with Crippen LogP contribution in [0.3, 0.4) is 0 Å². The fourth-order valence-electron chi connectivity index (χ4n) is 2.36. The Morgan fingerprint density at radius 1 is 1.31 bits per heavy atom. The molecule has 88 valence electrons. The topological polar surface area (TPSA) is 29.3 Å². The molecule has 16 heavy (non-hydrogen) atoms. The molecule has 0 spiro atoms. The largest absolute Gasteiger partial charge is 0.371 e. The number of nitrogens with two attached hydrogens (primary N) is 1. The van der Waals surface area contributed by atoms with Gasteiger partial charge in [0.15, 0.2) is 0 Å². The molecule has 2 nitrogen and oxygen atoms in total. The number of hydrogen-bond donors (Lipinski definition) is 1. The summed E-state index contributed by atoms with van der Waals surface area (Å²) < 4.78 is 0. The second-order valence-electron chi connectivity index (χ2n) is 5.52. The maximum Gasteiger partial charge on any atom is 0.0398 e. The average molecular weight is 218 g/mol. The van der Waals surface area contributed by atoms with Gasteiger partial charge in [0.25, 0.3) is 0 Å². The first-order valence-electron chi connectivity index (χ1n) is 6.15. The van der Waals surface area contributed by atoms with Gasteiger partial charge >= 0.3 is 0 Å². The second-order valence-corrected chi connectivity index (χ2v) is 5.52. The summed E-state index contributed by atoms with van der Waals surface area (Å²) in [4.78, 5) is 2.49. The van der Waals surface area contributed by atoms with Gasteiger partial charge in [0.1, 0.15) is 0 Å². The Kier molecular flexibility index (Phi) is 3.20. The number of rotatable bonds is 3. The summed E-state index contributed by atoms with van der Waals surface area (Å²) in [6, 6.07) is 8.75. The van der Waals surface area contributed by atoms with Crippen LogP contribution in [0.2, 0.25) is 0 Å². The molecule has 0 atom stereocenters. The average Bonchev–Trinajstić information content (AvgIpc) is 2.29. The van der Waals surface area contributed by atoms with E-state index in [-0.39, 0.29) is 5.41 Å². The van der Waals surface area contributed by atoms with Crippen LogP contribution < -0.4 is 10.6 Å². The van der Waals surface area contributed by atoms with Crippen LogP contribution in [0.25, 0.3) is 0 Å². The van der Waals surface area contributed by atoms with Gasteiger partial charge in [-0.15, -0.1) is 0 Å². The lowest BCUT2D eigenvalue weighted by molar-refractivity contribution is 0.374. The molecule has 0 fully saturated rings. The predicted molar refractivity (Wildman–Crippen MR) is 69.8 cm³/mol. The Hall–Kier alpha value is -1.02. The zero-order chi connectivity index (χ0) is 11.6. The lowest BCUT2D eigenvalue weighted by atomic mass is 9.91. The fourth-order valence-corrected chi connectivity index (χ4v) is 2.36. The van der Waals surface area contributed by atoms with Gasteiger partial charge in [0, 0.05) is 18.8 Å². The minimum Gasteiger partial charge on any atom is -0.371 e. The molecule has 0 amide bonds. The van der Waals surface area contributed by atoms with E-state index in [9.17, 15) is 0 Å². The molecule has 0 saturated carbocycles. The van der Waals surface area contributed by atoms with Crippen molar-refractivity contribution in [1.29, 1.82) is 0 Å². The molecule has 0 bridgehead atoms. The van der Waals surface area contributed by atoms with E-state index < -0.39 is 0 Å². The summed E-state index contributed by atoms with van der Waals surface area (Å²) >= 11 is 0. The van der Waals surface area contributed by atoms with Crippen LogP contribution in [0, 0.1) is 5.41 Å². The van der Waals surface area contributed by atoms with E-state index in [0.717, 1.165) is 13.1 Å². The number of anilines is 1.